The van der Waals surface area contributed by atoms with Crippen molar-refractivity contribution in [2.75, 3.05) is 13.2 Å². The topological polar surface area (TPSA) is 52.6 Å². The van der Waals surface area contributed by atoms with E-state index in [4.69, 9.17) is 9.47 Å². The minimum atomic E-state index is -0.300. The highest BCUT2D eigenvalue weighted by atomic mass is 16.5. The summed E-state index contributed by atoms with van der Waals surface area (Å²) >= 11 is 0. The monoisotopic (exact) mass is 492 g/mol. The molecule has 1 aliphatic carbocycles. The third kappa shape index (κ3) is 14.7. The van der Waals surface area contributed by atoms with Crippen molar-refractivity contribution in [3.63, 3.8) is 0 Å². The second-order valence-corrected chi connectivity index (χ2v) is 11.8. The van der Waals surface area contributed by atoms with E-state index in [1.54, 1.807) is 0 Å². The van der Waals surface area contributed by atoms with E-state index in [1.807, 2.05) is 0 Å². The van der Waals surface area contributed by atoms with Gasteiger partial charge in [-0.1, -0.05) is 118 Å². The second-order valence-electron chi connectivity index (χ2n) is 11.8. The summed E-state index contributed by atoms with van der Waals surface area (Å²) in [6.45, 7) is 11.7. The average molecular weight is 493 g/mol. The van der Waals surface area contributed by atoms with Crippen LogP contribution < -0.4 is 0 Å². The molecule has 35 heavy (non-hydrogen) atoms. The van der Waals surface area contributed by atoms with Crippen molar-refractivity contribution in [2.24, 2.45) is 11.3 Å². The van der Waals surface area contributed by atoms with Crippen LogP contribution in [0.1, 0.15) is 150 Å². The summed E-state index contributed by atoms with van der Waals surface area (Å²) in [4.78, 5) is 26.7. The summed E-state index contributed by atoms with van der Waals surface area (Å²) in [6.07, 6.45) is 19.7. The molecule has 0 aliphatic heterocycles. The molecule has 0 atom stereocenters. The van der Waals surface area contributed by atoms with E-state index in [0.29, 0.717) is 30.8 Å². The van der Waals surface area contributed by atoms with Crippen LogP contribution in [0.15, 0.2) is 11.1 Å². The summed E-state index contributed by atoms with van der Waals surface area (Å²) in [5, 5.41) is 0. The molecule has 4 heteroatoms. The summed E-state index contributed by atoms with van der Waals surface area (Å²) < 4.78 is 11.5. The molecule has 0 aromatic carbocycles. The van der Waals surface area contributed by atoms with Gasteiger partial charge in [0, 0.05) is 5.57 Å². The molecule has 204 valence electrons. The Balaban J connectivity index is 2.89. The smallest absolute Gasteiger partial charge is 0.334 e. The molecular formula is C31H56O4. The molecule has 0 saturated heterocycles. The number of ether oxygens (including phenoxy) is 2. The van der Waals surface area contributed by atoms with Gasteiger partial charge >= 0.3 is 11.9 Å². The van der Waals surface area contributed by atoms with Gasteiger partial charge in [0.05, 0.1) is 18.8 Å². The van der Waals surface area contributed by atoms with Crippen LogP contribution in [0.2, 0.25) is 0 Å². The van der Waals surface area contributed by atoms with Crippen molar-refractivity contribution in [3.8, 4) is 0 Å². The maximum atomic E-state index is 13.4. The van der Waals surface area contributed by atoms with E-state index in [9.17, 15) is 9.59 Å². The van der Waals surface area contributed by atoms with Crippen LogP contribution in [0, 0.1) is 11.3 Å². The number of carbonyl (C=O) groups is 2. The molecule has 1 fully saturated rings. The Morgan fingerprint density at radius 1 is 0.657 bits per heavy atom. The molecule has 1 aliphatic rings. The minimum absolute atomic E-state index is 0.111. The molecule has 0 heterocycles. The zero-order valence-corrected chi connectivity index (χ0v) is 23.9. The first-order valence-corrected chi connectivity index (χ1v) is 14.9. The second kappa shape index (κ2) is 18.9. The number of esters is 2. The quantitative estimate of drug-likeness (QED) is 0.109. The van der Waals surface area contributed by atoms with Crippen molar-refractivity contribution in [1.29, 1.82) is 0 Å². The number of unbranched alkanes of at least 4 members (excludes halogenated alkanes) is 10. The summed E-state index contributed by atoms with van der Waals surface area (Å²) in [5.41, 5.74) is 1.08. The van der Waals surface area contributed by atoms with E-state index in [0.717, 1.165) is 51.4 Å². The standard InChI is InChI=1S/C31H56O4/c1-6-8-10-12-14-19-23-34-29(32)27(25-31(3,4)5)28(26-21-17-16-18-22-26)30(33)35-24-20-15-13-11-9-7-2/h26H,6-25H2,1-5H3/b28-27-. The van der Waals surface area contributed by atoms with Crippen LogP contribution in [0.4, 0.5) is 0 Å². The molecular weight excluding hydrogens is 436 g/mol. The van der Waals surface area contributed by atoms with Gasteiger partial charge in [-0.05, 0) is 43.4 Å². The average Bonchev–Trinajstić information content (AvgIpc) is 2.82. The fourth-order valence-electron chi connectivity index (χ4n) is 4.99. The third-order valence-electron chi connectivity index (χ3n) is 6.97. The summed E-state index contributed by atoms with van der Waals surface area (Å²) in [6, 6.07) is 0. The lowest BCUT2D eigenvalue weighted by Gasteiger charge is -2.28. The van der Waals surface area contributed by atoms with Gasteiger partial charge in [-0.25, -0.2) is 9.59 Å². The number of hydrogen-bond acceptors (Lipinski definition) is 4. The minimum Gasteiger partial charge on any atom is -0.462 e. The van der Waals surface area contributed by atoms with Gasteiger partial charge in [0.25, 0.3) is 0 Å². The molecule has 0 amide bonds. The first-order valence-electron chi connectivity index (χ1n) is 14.9. The highest BCUT2D eigenvalue weighted by Crippen LogP contribution is 2.36. The van der Waals surface area contributed by atoms with Gasteiger partial charge in [0.15, 0.2) is 0 Å². The van der Waals surface area contributed by atoms with Crippen molar-refractivity contribution in [2.45, 2.75) is 150 Å². The van der Waals surface area contributed by atoms with Gasteiger partial charge in [-0.2, -0.15) is 0 Å². The molecule has 0 radical (unpaired) electrons. The molecule has 0 bridgehead atoms. The molecule has 0 unspecified atom stereocenters. The molecule has 4 nitrogen and oxygen atoms in total. The van der Waals surface area contributed by atoms with Crippen molar-refractivity contribution in [3.05, 3.63) is 11.1 Å². The maximum Gasteiger partial charge on any atom is 0.334 e. The maximum absolute atomic E-state index is 13.4. The third-order valence-corrected chi connectivity index (χ3v) is 6.97. The molecule has 0 aromatic heterocycles. The highest BCUT2D eigenvalue weighted by molar-refractivity contribution is 6.00. The van der Waals surface area contributed by atoms with E-state index in [-0.39, 0.29) is 23.3 Å². The Hall–Kier alpha value is -1.32. The van der Waals surface area contributed by atoms with E-state index in [2.05, 4.69) is 34.6 Å². The zero-order chi connectivity index (χ0) is 25.9. The predicted octanol–water partition coefficient (Wildman–Crippen LogP) is 9.11. The van der Waals surface area contributed by atoms with Gasteiger partial charge in [0.1, 0.15) is 0 Å². The molecule has 0 N–H and O–H groups in total. The van der Waals surface area contributed by atoms with Gasteiger partial charge in [-0.3, -0.25) is 0 Å². The van der Waals surface area contributed by atoms with Gasteiger partial charge < -0.3 is 9.47 Å². The Bertz CT molecular complexity index is 608. The fraction of sp³-hybridized carbons (Fsp3) is 0.871. The van der Waals surface area contributed by atoms with Crippen LogP contribution in [-0.4, -0.2) is 25.2 Å². The van der Waals surface area contributed by atoms with Crippen molar-refractivity contribution < 1.29 is 19.1 Å². The Kier molecular flexibility index (Phi) is 17.1. The first kappa shape index (κ1) is 31.7. The number of rotatable bonds is 18. The summed E-state index contributed by atoms with van der Waals surface area (Å²) in [5.74, 6) is -0.466. The normalized spacial score (nSPS) is 15.6. The lowest BCUT2D eigenvalue weighted by molar-refractivity contribution is -0.143. The highest BCUT2D eigenvalue weighted by Gasteiger charge is 2.33. The predicted molar refractivity (Wildman–Crippen MR) is 146 cm³/mol. The Labute approximate surface area is 217 Å². The van der Waals surface area contributed by atoms with Crippen molar-refractivity contribution in [1.82, 2.24) is 0 Å². The number of hydrogen-bond donors (Lipinski definition) is 0. The van der Waals surface area contributed by atoms with Crippen LogP contribution in [0.5, 0.6) is 0 Å². The molecule has 1 rings (SSSR count). The van der Waals surface area contributed by atoms with Crippen LogP contribution in [0.3, 0.4) is 0 Å². The van der Waals surface area contributed by atoms with Crippen LogP contribution in [0.25, 0.3) is 0 Å². The van der Waals surface area contributed by atoms with Gasteiger partial charge in [0.2, 0.25) is 0 Å². The van der Waals surface area contributed by atoms with Crippen LogP contribution >= 0.6 is 0 Å². The lowest BCUT2D eigenvalue weighted by atomic mass is 9.78. The first-order chi connectivity index (χ1) is 16.8. The SMILES string of the molecule is CCCCCCCCOC(=O)/C(CC(C)(C)C)=C(\C(=O)OCCCCCCCC)C1CCCCC1. The van der Waals surface area contributed by atoms with E-state index < -0.39 is 0 Å². The zero-order valence-electron chi connectivity index (χ0n) is 23.9. The largest absolute Gasteiger partial charge is 0.462 e. The number of carbonyl (C=O) groups excluding carboxylic acids is 2. The van der Waals surface area contributed by atoms with Crippen LogP contribution in [-0.2, 0) is 19.1 Å². The Morgan fingerprint density at radius 2 is 1.11 bits per heavy atom. The lowest BCUT2D eigenvalue weighted by Crippen LogP contribution is -2.26. The van der Waals surface area contributed by atoms with Gasteiger partial charge in [-0.15, -0.1) is 0 Å². The Morgan fingerprint density at radius 3 is 1.60 bits per heavy atom. The van der Waals surface area contributed by atoms with E-state index in [1.165, 1.54) is 57.8 Å². The van der Waals surface area contributed by atoms with E-state index >= 15 is 0 Å². The fourth-order valence-corrected chi connectivity index (χ4v) is 4.99. The van der Waals surface area contributed by atoms with Crippen molar-refractivity contribution >= 4 is 11.9 Å². The molecule has 0 spiro atoms. The molecule has 0 aromatic rings. The molecule has 1 saturated carbocycles. The summed E-state index contributed by atoms with van der Waals surface area (Å²) in [7, 11) is 0.